The third kappa shape index (κ3) is 3.25. The highest BCUT2D eigenvalue weighted by Gasteiger charge is 2.07. The quantitative estimate of drug-likeness (QED) is 0.503. The largest absolute Gasteiger partial charge is 0.504 e. The Bertz CT molecular complexity index is 576. The topological polar surface area (TPSA) is 62.0 Å². The number of para-hydroxylation sites is 2. The van der Waals surface area contributed by atoms with E-state index in [0.717, 1.165) is 11.1 Å². The maximum atomic E-state index is 9.58. The Kier molecular flexibility index (Phi) is 4.03. The first-order valence-corrected chi connectivity index (χ1v) is 5.89. The smallest absolute Gasteiger partial charge is 0.161 e. The average Bonchev–Trinajstić information content (AvgIpc) is 2.43. The monoisotopic (exact) mass is 257 g/mol. The zero-order chi connectivity index (χ0) is 13.7. The van der Waals surface area contributed by atoms with Crippen LogP contribution in [0.1, 0.15) is 11.1 Å². The van der Waals surface area contributed by atoms with Gasteiger partial charge in [-0.25, -0.2) is 0 Å². The molecule has 98 valence electrons. The van der Waals surface area contributed by atoms with E-state index in [2.05, 4.69) is 5.16 Å². The van der Waals surface area contributed by atoms with Crippen LogP contribution >= 0.6 is 0 Å². The number of hydrogen-bond donors (Lipinski definition) is 2. The van der Waals surface area contributed by atoms with E-state index in [1.54, 1.807) is 18.2 Å². The van der Waals surface area contributed by atoms with Gasteiger partial charge < -0.3 is 15.1 Å². The molecule has 0 fully saturated rings. The van der Waals surface area contributed by atoms with Gasteiger partial charge in [0.15, 0.2) is 11.5 Å². The van der Waals surface area contributed by atoms with Crippen molar-refractivity contribution in [3.8, 4) is 11.5 Å². The van der Waals surface area contributed by atoms with Crippen LogP contribution in [-0.2, 0) is 0 Å². The van der Waals surface area contributed by atoms with E-state index in [1.165, 1.54) is 6.07 Å². The number of hydrogen-bond acceptors (Lipinski definition) is 4. The molecule has 0 spiro atoms. The van der Waals surface area contributed by atoms with E-state index in [1.807, 2.05) is 31.2 Å². The molecule has 0 unspecified atom stereocenters. The van der Waals surface area contributed by atoms with E-state index >= 15 is 0 Å². The summed E-state index contributed by atoms with van der Waals surface area (Å²) in [7, 11) is 0. The van der Waals surface area contributed by atoms with Crippen molar-refractivity contribution < 1.29 is 15.1 Å². The number of aromatic hydroxyl groups is 1. The highest BCUT2D eigenvalue weighted by atomic mass is 16.5. The predicted molar refractivity (Wildman–Crippen MR) is 73.1 cm³/mol. The summed E-state index contributed by atoms with van der Waals surface area (Å²) in [6.07, 6.45) is 0. The molecule has 2 N–H and O–H groups in total. The van der Waals surface area contributed by atoms with Crippen LogP contribution in [0.15, 0.2) is 53.7 Å². The SMILES string of the molecule is Cc1ccc(/C(COc2ccccc2O)=N/O)cc1. The van der Waals surface area contributed by atoms with Crippen LogP contribution in [0.2, 0.25) is 0 Å². The van der Waals surface area contributed by atoms with Crippen molar-refractivity contribution in [1.29, 1.82) is 0 Å². The summed E-state index contributed by atoms with van der Waals surface area (Å²) in [6, 6.07) is 14.2. The molecule has 2 aromatic rings. The van der Waals surface area contributed by atoms with Gasteiger partial charge in [0.2, 0.25) is 0 Å². The molecule has 0 heterocycles. The van der Waals surface area contributed by atoms with Gasteiger partial charge in [0.05, 0.1) is 0 Å². The lowest BCUT2D eigenvalue weighted by Crippen LogP contribution is -2.13. The molecule has 0 bridgehead atoms. The first kappa shape index (κ1) is 13.0. The number of oxime groups is 1. The highest BCUT2D eigenvalue weighted by Crippen LogP contribution is 2.24. The van der Waals surface area contributed by atoms with Gasteiger partial charge in [-0.15, -0.1) is 0 Å². The number of phenols is 1. The first-order chi connectivity index (χ1) is 9.20. The molecule has 0 saturated carbocycles. The molecule has 4 nitrogen and oxygen atoms in total. The minimum Gasteiger partial charge on any atom is -0.504 e. The third-order valence-corrected chi connectivity index (χ3v) is 2.74. The Morgan fingerprint density at radius 1 is 1.11 bits per heavy atom. The van der Waals surface area contributed by atoms with Crippen LogP contribution in [-0.4, -0.2) is 22.6 Å². The minimum absolute atomic E-state index is 0.0590. The normalized spacial score (nSPS) is 11.3. The molecule has 2 rings (SSSR count). The molecular weight excluding hydrogens is 242 g/mol. The zero-order valence-electron chi connectivity index (χ0n) is 10.6. The van der Waals surface area contributed by atoms with E-state index in [-0.39, 0.29) is 12.4 Å². The van der Waals surface area contributed by atoms with Gasteiger partial charge >= 0.3 is 0 Å². The summed E-state index contributed by atoms with van der Waals surface area (Å²) in [5.74, 6) is 0.416. The van der Waals surface area contributed by atoms with Crippen molar-refractivity contribution in [3.05, 3.63) is 59.7 Å². The Morgan fingerprint density at radius 3 is 2.42 bits per heavy atom. The lowest BCUT2D eigenvalue weighted by molar-refractivity contribution is 0.304. The first-order valence-electron chi connectivity index (χ1n) is 5.89. The van der Waals surface area contributed by atoms with Crippen molar-refractivity contribution in [3.63, 3.8) is 0 Å². The number of nitrogens with zero attached hydrogens (tertiary/aromatic N) is 1. The van der Waals surface area contributed by atoms with Crippen molar-refractivity contribution in [2.75, 3.05) is 6.61 Å². The molecule has 0 amide bonds. The number of phenolic OH excluding ortho intramolecular Hbond substituents is 1. The van der Waals surface area contributed by atoms with Crippen LogP contribution in [0.3, 0.4) is 0 Å². The van der Waals surface area contributed by atoms with Gasteiger partial charge in [0.25, 0.3) is 0 Å². The predicted octanol–water partition coefficient (Wildman–Crippen LogP) is 2.96. The number of benzene rings is 2. The molecule has 2 aromatic carbocycles. The van der Waals surface area contributed by atoms with Crippen molar-refractivity contribution in [1.82, 2.24) is 0 Å². The van der Waals surface area contributed by atoms with Gasteiger partial charge in [-0.1, -0.05) is 47.1 Å². The Hall–Kier alpha value is -2.49. The van der Waals surface area contributed by atoms with E-state index in [4.69, 9.17) is 9.94 Å². The Balaban J connectivity index is 2.09. The standard InChI is InChI=1S/C15H15NO3/c1-11-6-8-12(9-7-11)13(16-18)10-19-15-5-3-2-4-14(15)17/h2-9,17-18H,10H2,1H3/b16-13+. The summed E-state index contributed by atoms with van der Waals surface area (Å²) >= 11 is 0. The third-order valence-electron chi connectivity index (χ3n) is 2.74. The molecule has 0 atom stereocenters. The summed E-state index contributed by atoms with van der Waals surface area (Å²) in [5, 5.41) is 21.9. The summed E-state index contributed by atoms with van der Waals surface area (Å²) in [6.45, 7) is 2.06. The van der Waals surface area contributed by atoms with Gasteiger partial charge in [0.1, 0.15) is 12.3 Å². The molecule has 0 saturated heterocycles. The fraction of sp³-hybridized carbons (Fsp3) is 0.133. The fourth-order valence-corrected chi connectivity index (χ4v) is 1.64. The lowest BCUT2D eigenvalue weighted by atomic mass is 10.1. The zero-order valence-corrected chi connectivity index (χ0v) is 10.6. The van der Waals surface area contributed by atoms with Gasteiger partial charge in [0, 0.05) is 5.56 Å². The Labute approximate surface area is 111 Å². The second-order valence-corrected chi connectivity index (χ2v) is 4.17. The minimum atomic E-state index is 0.0590. The van der Waals surface area contributed by atoms with Crippen LogP contribution in [0.25, 0.3) is 0 Å². The molecule has 0 aliphatic rings. The summed E-state index contributed by atoms with van der Waals surface area (Å²) in [4.78, 5) is 0. The van der Waals surface area contributed by atoms with Crippen LogP contribution < -0.4 is 4.74 Å². The Morgan fingerprint density at radius 2 is 1.79 bits per heavy atom. The molecule has 0 aliphatic carbocycles. The molecule has 0 radical (unpaired) electrons. The van der Waals surface area contributed by atoms with Crippen molar-refractivity contribution >= 4 is 5.71 Å². The maximum absolute atomic E-state index is 9.58. The summed E-state index contributed by atoms with van der Waals surface area (Å²) < 4.78 is 5.43. The van der Waals surface area contributed by atoms with Crippen molar-refractivity contribution in [2.24, 2.45) is 5.16 Å². The molecule has 19 heavy (non-hydrogen) atoms. The maximum Gasteiger partial charge on any atom is 0.161 e. The highest BCUT2D eigenvalue weighted by molar-refractivity contribution is 6.01. The molecular formula is C15H15NO3. The average molecular weight is 257 g/mol. The van der Waals surface area contributed by atoms with Crippen LogP contribution in [0.4, 0.5) is 0 Å². The van der Waals surface area contributed by atoms with E-state index < -0.39 is 0 Å². The van der Waals surface area contributed by atoms with Gasteiger partial charge in [-0.05, 0) is 19.1 Å². The van der Waals surface area contributed by atoms with Crippen molar-refractivity contribution in [2.45, 2.75) is 6.92 Å². The number of aryl methyl sites for hydroxylation is 1. The molecule has 4 heteroatoms. The van der Waals surface area contributed by atoms with E-state index in [0.29, 0.717) is 11.5 Å². The molecule has 0 aromatic heterocycles. The van der Waals surface area contributed by atoms with Gasteiger partial charge in [-0.3, -0.25) is 0 Å². The van der Waals surface area contributed by atoms with Crippen LogP contribution in [0, 0.1) is 6.92 Å². The van der Waals surface area contributed by atoms with Crippen LogP contribution in [0.5, 0.6) is 11.5 Å². The van der Waals surface area contributed by atoms with Gasteiger partial charge in [-0.2, -0.15) is 0 Å². The number of rotatable bonds is 4. The van der Waals surface area contributed by atoms with E-state index in [9.17, 15) is 5.11 Å². The summed E-state index contributed by atoms with van der Waals surface area (Å²) in [5.41, 5.74) is 2.31. The second-order valence-electron chi connectivity index (χ2n) is 4.17. The fourth-order valence-electron chi connectivity index (χ4n) is 1.64. The lowest BCUT2D eigenvalue weighted by Gasteiger charge is -2.09. The molecule has 0 aliphatic heterocycles. The second kappa shape index (κ2) is 5.91. The number of ether oxygens (including phenoxy) is 1.